The van der Waals surface area contributed by atoms with E-state index in [4.69, 9.17) is 0 Å². The van der Waals surface area contributed by atoms with Crippen molar-refractivity contribution in [3.05, 3.63) is 0 Å². The molecule has 0 rings (SSSR count). The Morgan fingerprint density at radius 1 is 0.600 bits per heavy atom. The zero-order valence-corrected chi connectivity index (χ0v) is 20.7. The van der Waals surface area contributed by atoms with Crippen LogP contribution < -0.4 is 0 Å². The van der Waals surface area contributed by atoms with Crippen LogP contribution in [0.25, 0.3) is 0 Å². The van der Waals surface area contributed by atoms with Crippen molar-refractivity contribution in [1.82, 2.24) is 0 Å². The molecule has 0 aliphatic heterocycles. The van der Waals surface area contributed by atoms with E-state index in [1.807, 2.05) is 0 Å². The predicted molar refractivity (Wildman–Crippen MR) is 129 cm³/mol. The lowest BCUT2D eigenvalue weighted by molar-refractivity contribution is 0.509. The number of terminal acetylenes is 1. The van der Waals surface area contributed by atoms with Gasteiger partial charge in [0.15, 0.2) is 0 Å². The molecule has 0 saturated heterocycles. The van der Waals surface area contributed by atoms with E-state index in [1.54, 1.807) is 0 Å². The van der Waals surface area contributed by atoms with Crippen LogP contribution in [0.2, 0.25) is 0 Å². The highest BCUT2D eigenvalue weighted by Gasteiger charge is 1.92. The molecule has 0 nitrogen and oxygen atoms in total. The third-order valence-electron chi connectivity index (χ3n) is 3.74. The quantitative estimate of drug-likeness (QED) is 0.203. The van der Waals surface area contributed by atoms with E-state index in [9.17, 15) is 0 Å². The van der Waals surface area contributed by atoms with Gasteiger partial charge in [-0.1, -0.05) is 132 Å². The zero-order chi connectivity index (χ0) is 20.8. The summed E-state index contributed by atoms with van der Waals surface area (Å²) in [5.74, 6) is 0.949. The zero-order valence-electron chi connectivity index (χ0n) is 19.5. The maximum atomic E-state index is 4.00. The van der Waals surface area contributed by atoms with E-state index in [0.717, 1.165) is 5.92 Å². The maximum absolute atomic E-state index is 4.00. The molecule has 0 aromatic rings. The van der Waals surface area contributed by atoms with Gasteiger partial charge in [0.2, 0.25) is 0 Å². The minimum Gasteiger partial charge on any atom is -0.138 e. The number of rotatable bonds is 10. The molecule has 0 spiro atoms. The number of unbranched alkanes of at least 4 members (excludes halogenated alkanes) is 6. The molecule has 156 valence electrons. The van der Waals surface area contributed by atoms with Gasteiger partial charge in [-0.25, -0.2) is 0 Å². The second kappa shape index (κ2) is 49.6. The van der Waals surface area contributed by atoms with Gasteiger partial charge in [0.1, 0.15) is 0 Å². The monoisotopic (exact) mass is 374 g/mol. The molecule has 2 unspecified atom stereocenters. The lowest BCUT2D eigenvalue weighted by Gasteiger charge is -2.02. The van der Waals surface area contributed by atoms with Gasteiger partial charge in [0, 0.05) is 0 Å². The molecular weight excluding hydrogens is 319 g/mol. The van der Waals surface area contributed by atoms with Crippen LogP contribution in [-0.4, -0.2) is 6.16 Å². The van der Waals surface area contributed by atoms with Gasteiger partial charge < -0.3 is 0 Å². The molecule has 0 aliphatic rings. The van der Waals surface area contributed by atoms with E-state index < -0.39 is 0 Å². The first-order valence-corrected chi connectivity index (χ1v) is 11.9. The average Bonchev–Trinajstić information content (AvgIpc) is 2.66. The van der Waals surface area contributed by atoms with Crippen molar-refractivity contribution in [3.8, 4) is 12.8 Å². The number of hydrogen-bond acceptors (Lipinski definition) is 0. The Morgan fingerprint density at radius 3 is 1.12 bits per heavy atom. The van der Waals surface area contributed by atoms with Crippen molar-refractivity contribution < 1.29 is 0 Å². The summed E-state index contributed by atoms with van der Waals surface area (Å²) in [6.45, 7) is 17.9. The summed E-state index contributed by atoms with van der Waals surface area (Å²) in [4.78, 5) is 0. The molecule has 0 amide bonds. The predicted octanol–water partition coefficient (Wildman–Crippen LogP) is 9.53. The van der Waals surface area contributed by atoms with E-state index in [1.165, 1.54) is 83.2 Å². The van der Waals surface area contributed by atoms with Crippen molar-refractivity contribution in [2.75, 3.05) is 6.16 Å². The summed E-state index contributed by atoms with van der Waals surface area (Å²) in [6, 6.07) is 0. The summed E-state index contributed by atoms with van der Waals surface area (Å²) in [5, 5.41) is 0. The van der Waals surface area contributed by atoms with Crippen molar-refractivity contribution in [1.29, 1.82) is 0 Å². The van der Waals surface area contributed by atoms with Crippen LogP contribution in [0, 0.1) is 18.8 Å². The Balaban J connectivity index is -0.0000000702. The lowest BCUT2D eigenvalue weighted by atomic mass is 10.0. The minimum absolute atomic E-state index is 0.949. The SMILES string of the molecule is C#C.CCCC.CCCC(C)CC.CCCCCCC.CCCCP. The van der Waals surface area contributed by atoms with Crippen molar-refractivity contribution in [2.45, 2.75) is 132 Å². The van der Waals surface area contributed by atoms with Crippen LogP contribution in [0.3, 0.4) is 0 Å². The van der Waals surface area contributed by atoms with Crippen LogP contribution in [-0.2, 0) is 0 Å². The normalized spacial score (nSPS) is 9.56. The molecule has 0 aromatic heterocycles. The van der Waals surface area contributed by atoms with Crippen LogP contribution in [0.1, 0.15) is 132 Å². The van der Waals surface area contributed by atoms with E-state index in [-0.39, 0.29) is 0 Å². The standard InChI is InChI=1S/2C7H16.C4H11P.C4H10.C2H2/c1-4-6-7(3)5-2;1-3-5-7-6-4-2;1-2-3-4-5;1-3-4-2;1-2/h7H,4-6H2,1-3H3;3-7H2,1-2H3;2-5H2,1H3;3-4H2,1-2H3;1-2H. The molecule has 0 N–H and O–H groups in total. The Hall–Kier alpha value is -0.0100. The largest absolute Gasteiger partial charge is 0.138 e. The van der Waals surface area contributed by atoms with Crippen LogP contribution >= 0.6 is 9.24 Å². The van der Waals surface area contributed by atoms with Crippen LogP contribution in [0.4, 0.5) is 0 Å². The Morgan fingerprint density at radius 2 is 1.00 bits per heavy atom. The highest BCUT2D eigenvalue weighted by Crippen LogP contribution is 2.07. The first-order valence-electron chi connectivity index (χ1n) is 11.1. The fourth-order valence-electron chi connectivity index (χ4n) is 1.58. The van der Waals surface area contributed by atoms with E-state index in [0.29, 0.717) is 0 Å². The van der Waals surface area contributed by atoms with Crippen LogP contribution in [0.5, 0.6) is 0 Å². The summed E-state index contributed by atoms with van der Waals surface area (Å²) in [7, 11) is 2.70. The summed E-state index contributed by atoms with van der Waals surface area (Å²) in [5.41, 5.74) is 0. The maximum Gasteiger partial charge on any atom is -0.0381 e. The first-order chi connectivity index (χ1) is 12.1. The van der Waals surface area contributed by atoms with E-state index in [2.05, 4.69) is 77.5 Å². The highest BCUT2D eigenvalue weighted by atomic mass is 31.0. The molecule has 0 radical (unpaired) electrons. The fourth-order valence-corrected chi connectivity index (χ4v) is 1.99. The molecule has 2 atom stereocenters. The summed E-state index contributed by atoms with van der Waals surface area (Å²) < 4.78 is 0. The van der Waals surface area contributed by atoms with Crippen molar-refractivity contribution in [2.24, 2.45) is 5.92 Å². The Labute approximate surface area is 166 Å². The summed E-state index contributed by atoms with van der Waals surface area (Å²) >= 11 is 0. The van der Waals surface area contributed by atoms with E-state index >= 15 is 0 Å². The highest BCUT2D eigenvalue weighted by molar-refractivity contribution is 7.16. The molecular formula is C24H55P. The topological polar surface area (TPSA) is 0 Å². The minimum atomic E-state index is 0.949. The fraction of sp³-hybridized carbons (Fsp3) is 0.917. The average molecular weight is 375 g/mol. The second-order valence-electron chi connectivity index (χ2n) is 6.50. The van der Waals surface area contributed by atoms with Gasteiger partial charge in [0.05, 0.1) is 0 Å². The van der Waals surface area contributed by atoms with Crippen molar-refractivity contribution >= 4 is 9.24 Å². The third kappa shape index (κ3) is 80.7. The Kier molecular flexibility index (Phi) is 71.4. The smallest absolute Gasteiger partial charge is 0.0381 e. The summed E-state index contributed by atoms with van der Waals surface area (Å²) in [6.07, 6.45) is 25.7. The van der Waals surface area contributed by atoms with Gasteiger partial charge in [0.25, 0.3) is 0 Å². The molecule has 25 heavy (non-hydrogen) atoms. The Bertz CT molecular complexity index is 155. The third-order valence-corrected chi connectivity index (χ3v) is 4.15. The van der Waals surface area contributed by atoms with Gasteiger partial charge in [-0.2, -0.15) is 0 Å². The second-order valence-corrected chi connectivity index (χ2v) is 7.08. The molecule has 0 saturated carbocycles. The molecule has 0 bridgehead atoms. The number of hydrogen-bond donors (Lipinski definition) is 0. The van der Waals surface area contributed by atoms with Gasteiger partial charge in [-0.3, -0.25) is 0 Å². The molecule has 1 heteroatoms. The first kappa shape index (κ1) is 36.0. The molecule has 0 heterocycles. The molecule has 0 fully saturated rings. The van der Waals surface area contributed by atoms with Gasteiger partial charge in [-0.05, 0) is 12.1 Å². The lowest BCUT2D eigenvalue weighted by Crippen LogP contribution is -1.88. The van der Waals surface area contributed by atoms with Crippen LogP contribution in [0.15, 0.2) is 0 Å². The van der Waals surface area contributed by atoms with Gasteiger partial charge >= 0.3 is 0 Å². The molecule has 0 aromatic carbocycles. The van der Waals surface area contributed by atoms with Crippen molar-refractivity contribution in [3.63, 3.8) is 0 Å². The molecule has 0 aliphatic carbocycles. The van der Waals surface area contributed by atoms with Gasteiger partial charge in [-0.15, -0.1) is 22.1 Å².